The topological polar surface area (TPSA) is 20.3 Å². The highest BCUT2D eigenvalue weighted by Crippen LogP contribution is 2.35. The van der Waals surface area contributed by atoms with Crippen LogP contribution in [0.4, 0.5) is 0 Å². The standard InChI is InChI=1S/C22H21NOS/c1-23(21-13-11-17-7-4-5-9-20(17)21)22(24)15-25-19-12-10-16-6-2-3-8-18(16)14-19/h2-10,12,14,21H,11,13,15H2,1H3. The minimum atomic E-state index is 0.194. The van der Waals surface area contributed by atoms with Crippen LogP contribution in [-0.2, 0) is 11.2 Å². The molecule has 1 aliphatic rings. The molecule has 0 aromatic heterocycles. The summed E-state index contributed by atoms with van der Waals surface area (Å²) < 4.78 is 0. The molecule has 1 unspecified atom stereocenters. The van der Waals surface area contributed by atoms with Gasteiger partial charge in [-0.05, 0) is 46.9 Å². The zero-order valence-corrected chi connectivity index (χ0v) is 15.1. The third-order valence-corrected chi connectivity index (χ3v) is 6.02. The van der Waals surface area contributed by atoms with Gasteiger partial charge >= 0.3 is 0 Å². The van der Waals surface area contributed by atoms with E-state index in [2.05, 4.69) is 54.6 Å². The van der Waals surface area contributed by atoms with Crippen LogP contribution in [0.25, 0.3) is 10.8 Å². The molecule has 0 fully saturated rings. The molecule has 3 aromatic rings. The molecule has 25 heavy (non-hydrogen) atoms. The first kappa shape index (κ1) is 16.2. The lowest BCUT2D eigenvalue weighted by Crippen LogP contribution is -2.31. The summed E-state index contributed by atoms with van der Waals surface area (Å²) in [6.45, 7) is 0. The fraction of sp³-hybridized carbons (Fsp3) is 0.227. The fourth-order valence-electron chi connectivity index (χ4n) is 3.61. The second-order valence-electron chi connectivity index (χ2n) is 6.56. The molecule has 3 heteroatoms. The quantitative estimate of drug-likeness (QED) is 0.614. The number of thioether (sulfide) groups is 1. The number of hydrogen-bond acceptors (Lipinski definition) is 2. The van der Waals surface area contributed by atoms with E-state index in [0.717, 1.165) is 17.7 Å². The second-order valence-corrected chi connectivity index (χ2v) is 7.60. The molecule has 0 bridgehead atoms. The minimum absolute atomic E-state index is 0.194. The van der Waals surface area contributed by atoms with Crippen LogP contribution >= 0.6 is 11.8 Å². The van der Waals surface area contributed by atoms with Crippen molar-refractivity contribution in [2.45, 2.75) is 23.8 Å². The van der Waals surface area contributed by atoms with Crippen molar-refractivity contribution in [1.29, 1.82) is 0 Å². The van der Waals surface area contributed by atoms with E-state index in [-0.39, 0.29) is 11.9 Å². The maximum Gasteiger partial charge on any atom is 0.233 e. The Morgan fingerprint density at radius 3 is 2.68 bits per heavy atom. The molecule has 3 aromatic carbocycles. The average molecular weight is 347 g/mol. The first-order chi connectivity index (χ1) is 12.2. The maximum absolute atomic E-state index is 12.7. The zero-order chi connectivity index (χ0) is 17.2. The number of carbonyl (C=O) groups is 1. The fourth-order valence-corrected chi connectivity index (χ4v) is 4.48. The summed E-state index contributed by atoms with van der Waals surface area (Å²) in [5, 5.41) is 2.45. The van der Waals surface area contributed by atoms with Gasteiger partial charge in [-0.3, -0.25) is 4.79 Å². The predicted molar refractivity (Wildman–Crippen MR) is 105 cm³/mol. The summed E-state index contributed by atoms with van der Waals surface area (Å²) in [4.78, 5) is 15.8. The molecule has 0 saturated heterocycles. The van der Waals surface area contributed by atoms with Crippen molar-refractivity contribution in [2.24, 2.45) is 0 Å². The van der Waals surface area contributed by atoms with Crippen molar-refractivity contribution < 1.29 is 4.79 Å². The van der Waals surface area contributed by atoms with E-state index in [9.17, 15) is 4.79 Å². The Morgan fingerprint density at radius 2 is 1.80 bits per heavy atom. The summed E-state index contributed by atoms with van der Waals surface area (Å²) in [7, 11) is 1.94. The molecule has 1 aliphatic carbocycles. The highest BCUT2D eigenvalue weighted by atomic mass is 32.2. The lowest BCUT2D eigenvalue weighted by molar-refractivity contribution is -0.129. The van der Waals surface area contributed by atoms with E-state index in [1.54, 1.807) is 11.8 Å². The van der Waals surface area contributed by atoms with Crippen LogP contribution < -0.4 is 0 Å². The summed E-state index contributed by atoms with van der Waals surface area (Å²) in [5.74, 6) is 0.674. The number of fused-ring (bicyclic) bond motifs is 2. The lowest BCUT2D eigenvalue weighted by Gasteiger charge is -2.25. The first-order valence-corrected chi connectivity index (χ1v) is 9.66. The van der Waals surface area contributed by atoms with Crippen molar-refractivity contribution >= 4 is 28.4 Å². The van der Waals surface area contributed by atoms with Gasteiger partial charge in [-0.1, -0.05) is 54.6 Å². The molecular formula is C22H21NOS. The average Bonchev–Trinajstić information content (AvgIpc) is 3.09. The van der Waals surface area contributed by atoms with Gasteiger partial charge in [-0.25, -0.2) is 0 Å². The normalized spacial score (nSPS) is 16.0. The van der Waals surface area contributed by atoms with Crippen molar-refractivity contribution in [3.63, 3.8) is 0 Å². The number of nitrogens with zero attached hydrogens (tertiary/aromatic N) is 1. The number of carbonyl (C=O) groups excluding carboxylic acids is 1. The SMILES string of the molecule is CN(C(=O)CSc1ccc2ccccc2c1)C1CCc2ccccc21. The van der Waals surface area contributed by atoms with Crippen LogP contribution in [0.5, 0.6) is 0 Å². The van der Waals surface area contributed by atoms with Gasteiger partial charge in [0.05, 0.1) is 11.8 Å². The van der Waals surface area contributed by atoms with E-state index in [1.807, 2.05) is 24.1 Å². The van der Waals surface area contributed by atoms with Gasteiger partial charge in [0.25, 0.3) is 0 Å². The van der Waals surface area contributed by atoms with Gasteiger partial charge < -0.3 is 4.90 Å². The first-order valence-electron chi connectivity index (χ1n) is 8.67. The molecule has 1 atom stereocenters. The molecule has 1 amide bonds. The third-order valence-electron chi connectivity index (χ3n) is 5.05. The molecule has 0 radical (unpaired) electrons. The van der Waals surface area contributed by atoms with Gasteiger partial charge in [0, 0.05) is 11.9 Å². The van der Waals surface area contributed by atoms with Crippen molar-refractivity contribution in [2.75, 3.05) is 12.8 Å². The zero-order valence-electron chi connectivity index (χ0n) is 14.3. The lowest BCUT2D eigenvalue weighted by atomic mass is 10.1. The van der Waals surface area contributed by atoms with Crippen LogP contribution in [0.1, 0.15) is 23.6 Å². The van der Waals surface area contributed by atoms with Crippen molar-refractivity contribution in [3.05, 3.63) is 77.9 Å². The number of rotatable bonds is 4. The molecule has 126 valence electrons. The summed E-state index contributed by atoms with van der Waals surface area (Å²) >= 11 is 1.62. The van der Waals surface area contributed by atoms with Gasteiger partial charge in [0.2, 0.25) is 5.91 Å². The van der Waals surface area contributed by atoms with Crippen LogP contribution in [0.3, 0.4) is 0 Å². The van der Waals surface area contributed by atoms with Crippen LogP contribution in [0.15, 0.2) is 71.6 Å². The number of hydrogen-bond donors (Lipinski definition) is 0. The Bertz CT molecular complexity index is 921. The molecule has 0 N–H and O–H groups in total. The molecule has 0 heterocycles. The highest BCUT2D eigenvalue weighted by Gasteiger charge is 2.28. The minimum Gasteiger partial charge on any atom is -0.338 e. The highest BCUT2D eigenvalue weighted by molar-refractivity contribution is 8.00. The number of amides is 1. The number of aryl methyl sites for hydroxylation is 1. The van der Waals surface area contributed by atoms with Crippen molar-refractivity contribution in [1.82, 2.24) is 4.90 Å². The van der Waals surface area contributed by atoms with Crippen molar-refractivity contribution in [3.8, 4) is 0 Å². The van der Waals surface area contributed by atoms with Gasteiger partial charge in [0.1, 0.15) is 0 Å². The summed E-state index contributed by atoms with van der Waals surface area (Å²) in [6, 6.07) is 23.4. The Balaban J connectivity index is 1.43. The molecule has 0 saturated carbocycles. The Kier molecular flexibility index (Phi) is 4.50. The van der Waals surface area contributed by atoms with E-state index in [0.29, 0.717) is 5.75 Å². The molecule has 2 nitrogen and oxygen atoms in total. The van der Waals surface area contributed by atoms with Crippen LogP contribution in [0, 0.1) is 0 Å². The van der Waals surface area contributed by atoms with E-state index in [4.69, 9.17) is 0 Å². The Hall–Kier alpha value is -2.26. The van der Waals surface area contributed by atoms with E-state index in [1.165, 1.54) is 21.9 Å². The number of benzene rings is 3. The van der Waals surface area contributed by atoms with Crippen LogP contribution in [0.2, 0.25) is 0 Å². The van der Waals surface area contributed by atoms with Crippen LogP contribution in [-0.4, -0.2) is 23.6 Å². The van der Waals surface area contributed by atoms with Gasteiger partial charge in [-0.2, -0.15) is 0 Å². The summed E-state index contributed by atoms with van der Waals surface area (Å²) in [6.07, 6.45) is 2.10. The third kappa shape index (κ3) is 3.29. The van der Waals surface area contributed by atoms with E-state index < -0.39 is 0 Å². The Morgan fingerprint density at radius 1 is 1.04 bits per heavy atom. The Labute approximate surface area is 152 Å². The van der Waals surface area contributed by atoms with E-state index >= 15 is 0 Å². The molecule has 4 rings (SSSR count). The predicted octanol–water partition coefficient (Wildman–Crippen LogP) is 5.08. The summed E-state index contributed by atoms with van der Waals surface area (Å²) in [5.41, 5.74) is 2.70. The monoisotopic (exact) mass is 347 g/mol. The molecular weight excluding hydrogens is 326 g/mol. The van der Waals surface area contributed by atoms with Gasteiger partial charge in [0.15, 0.2) is 0 Å². The smallest absolute Gasteiger partial charge is 0.233 e. The molecule has 0 aliphatic heterocycles. The van der Waals surface area contributed by atoms with Gasteiger partial charge in [-0.15, -0.1) is 11.8 Å². The second kappa shape index (κ2) is 6.93. The molecule has 0 spiro atoms. The maximum atomic E-state index is 12.7. The largest absolute Gasteiger partial charge is 0.338 e.